The van der Waals surface area contributed by atoms with Crippen molar-refractivity contribution >= 4 is 17.2 Å². The quantitative estimate of drug-likeness (QED) is 0.697. The van der Waals surface area contributed by atoms with Crippen molar-refractivity contribution in [2.24, 2.45) is 7.05 Å². The van der Waals surface area contributed by atoms with Crippen LogP contribution in [0.15, 0.2) is 49.6 Å². The van der Waals surface area contributed by atoms with Gasteiger partial charge in [-0.2, -0.15) is 5.26 Å². The van der Waals surface area contributed by atoms with Crippen LogP contribution in [0.5, 0.6) is 0 Å². The lowest BCUT2D eigenvalue weighted by Crippen LogP contribution is -2.16. The first-order chi connectivity index (χ1) is 12.9. The molecule has 27 heavy (non-hydrogen) atoms. The van der Waals surface area contributed by atoms with Gasteiger partial charge in [-0.25, -0.2) is 9.97 Å². The average molecular weight is 359 g/mol. The predicted molar refractivity (Wildman–Crippen MR) is 107 cm³/mol. The maximum atomic E-state index is 9.43. The van der Waals surface area contributed by atoms with Crippen molar-refractivity contribution < 1.29 is 0 Å². The van der Waals surface area contributed by atoms with E-state index in [1.807, 2.05) is 60.8 Å². The fourth-order valence-corrected chi connectivity index (χ4v) is 2.84. The van der Waals surface area contributed by atoms with Gasteiger partial charge in [-0.15, -0.1) is 0 Å². The summed E-state index contributed by atoms with van der Waals surface area (Å²) in [6, 6.07) is 7.86. The van der Waals surface area contributed by atoms with Crippen molar-refractivity contribution in [3.05, 3.63) is 60.8 Å². The maximum Gasteiger partial charge on any atom is 0.146 e. The number of anilines is 2. The highest BCUT2D eigenvalue weighted by Crippen LogP contribution is 2.27. The molecule has 0 aromatic carbocycles. The van der Waals surface area contributed by atoms with E-state index in [2.05, 4.69) is 27.6 Å². The molecule has 7 heteroatoms. The Bertz CT molecular complexity index is 1010. The van der Waals surface area contributed by atoms with Crippen molar-refractivity contribution in [1.29, 1.82) is 5.26 Å². The largest absolute Gasteiger partial charge is 0.362 e. The SMILES string of the molecule is C=C(c1cnc(-c2cnc(N(C)C)c(C#N)c2)n1C)N(C)c1cccnc1. The van der Waals surface area contributed by atoms with Gasteiger partial charge < -0.3 is 14.4 Å². The molecule has 0 N–H and O–H groups in total. The van der Waals surface area contributed by atoms with E-state index >= 15 is 0 Å². The van der Waals surface area contributed by atoms with Crippen LogP contribution in [-0.2, 0) is 7.05 Å². The summed E-state index contributed by atoms with van der Waals surface area (Å²) in [7, 11) is 7.58. The molecule has 3 aromatic rings. The number of nitriles is 1. The van der Waals surface area contributed by atoms with Gasteiger partial charge in [0.25, 0.3) is 0 Å². The Morgan fingerprint density at radius 2 is 1.96 bits per heavy atom. The van der Waals surface area contributed by atoms with Gasteiger partial charge in [0.2, 0.25) is 0 Å². The monoisotopic (exact) mass is 359 g/mol. The molecule has 0 saturated carbocycles. The van der Waals surface area contributed by atoms with Crippen LogP contribution in [0.25, 0.3) is 17.1 Å². The molecule has 0 amide bonds. The number of nitrogens with zero attached hydrogens (tertiary/aromatic N) is 7. The van der Waals surface area contributed by atoms with Crippen LogP contribution in [0, 0.1) is 11.3 Å². The lowest BCUT2D eigenvalue weighted by molar-refractivity contribution is 0.900. The first kappa shape index (κ1) is 18.1. The molecule has 0 saturated heterocycles. The smallest absolute Gasteiger partial charge is 0.146 e. The van der Waals surface area contributed by atoms with Crippen molar-refractivity contribution in [2.75, 3.05) is 30.9 Å². The van der Waals surface area contributed by atoms with E-state index in [1.54, 1.807) is 24.8 Å². The van der Waals surface area contributed by atoms with Gasteiger partial charge in [0.1, 0.15) is 17.7 Å². The number of rotatable bonds is 5. The van der Waals surface area contributed by atoms with Crippen molar-refractivity contribution in [1.82, 2.24) is 19.5 Å². The number of imidazole rings is 1. The Balaban J connectivity index is 1.96. The zero-order valence-electron chi connectivity index (χ0n) is 15.9. The van der Waals surface area contributed by atoms with Crippen LogP contribution in [-0.4, -0.2) is 40.7 Å². The second-order valence-corrected chi connectivity index (χ2v) is 6.34. The van der Waals surface area contributed by atoms with Crippen LogP contribution in [0.2, 0.25) is 0 Å². The summed E-state index contributed by atoms with van der Waals surface area (Å²) < 4.78 is 1.95. The van der Waals surface area contributed by atoms with E-state index in [0.29, 0.717) is 11.4 Å². The Morgan fingerprint density at radius 1 is 1.19 bits per heavy atom. The van der Waals surface area contributed by atoms with E-state index < -0.39 is 0 Å². The second kappa shape index (κ2) is 7.30. The fourth-order valence-electron chi connectivity index (χ4n) is 2.84. The molecule has 0 aliphatic rings. The van der Waals surface area contributed by atoms with Crippen LogP contribution in [0.4, 0.5) is 11.5 Å². The van der Waals surface area contributed by atoms with Gasteiger partial charge in [0.05, 0.1) is 35.0 Å². The van der Waals surface area contributed by atoms with E-state index in [1.165, 1.54) is 0 Å². The van der Waals surface area contributed by atoms with Crippen LogP contribution in [0.3, 0.4) is 0 Å². The third-order valence-electron chi connectivity index (χ3n) is 4.39. The highest BCUT2D eigenvalue weighted by molar-refractivity contribution is 5.76. The minimum absolute atomic E-state index is 0.508. The first-order valence-electron chi connectivity index (χ1n) is 8.36. The van der Waals surface area contributed by atoms with Crippen LogP contribution < -0.4 is 9.80 Å². The topological polar surface area (TPSA) is 73.9 Å². The standard InChI is InChI=1S/C20H21N7/c1-14(26(4)17-7-6-8-22-12-17)18-13-24-20(27(18)5)16-9-15(10-21)19(23-11-16)25(2)3/h6-9,11-13H,1H2,2-5H3. The molecular weight excluding hydrogens is 338 g/mol. The Labute approximate surface area is 158 Å². The molecule has 7 nitrogen and oxygen atoms in total. The summed E-state index contributed by atoms with van der Waals surface area (Å²) in [5.41, 5.74) is 3.89. The summed E-state index contributed by atoms with van der Waals surface area (Å²) >= 11 is 0. The molecule has 0 atom stereocenters. The Kier molecular flexibility index (Phi) is 4.90. The van der Waals surface area contributed by atoms with Crippen molar-refractivity contribution in [2.45, 2.75) is 0 Å². The first-order valence-corrected chi connectivity index (χ1v) is 8.36. The third kappa shape index (κ3) is 3.37. The molecule has 3 aromatic heterocycles. The normalized spacial score (nSPS) is 10.3. The van der Waals surface area contributed by atoms with Gasteiger partial charge >= 0.3 is 0 Å². The summed E-state index contributed by atoms with van der Waals surface area (Å²) in [6.07, 6.45) is 7.03. The van der Waals surface area contributed by atoms with Crippen molar-refractivity contribution in [3.8, 4) is 17.5 Å². The maximum absolute atomic E-state index is 9.43. The second-order valence-electron chi connectivity index (χ2n) is 6.34. The summed E-state index contributed by atoms with van der Waals surface area (Å²) in [5.74, 6) is 1.36. The minimum atomic E-state index is 0.508. The molecule has 3 rings (SSSR count). The summed E-state index contributed by atoms with van der Waals surface area (Å²) in [5, 5.41) is 9.43. The highest BCUT2D eigenvalue weighted by atomic mass is 15.2. The average Bonchev–Trinajstić information content (AvgIpc) is 3.08. The number of pyridine rings is 2. The van der Waals surface area contributed by atoms with Gasteiger partial charge in [0.15, 0.2) is 0 Å². The molecule has 0 unspecified atom stereocenters. The molecule has 0 aliphatic carbocycles. The number of hydrogen-bond acceptors (Lipinski definition) is 6. The Hall–Kier alpha value is -3.66. The zero-order valence-corrected chi connectivity index (χ0v) is 15.9. The molecule has 3 heterocycles. The zero-order chi connectivity index (χ0) is 19.6. The van der Waals surface area contributed by atoms with Gasteiger partial charge in [-0.05, 0) is 18.2 Å². The van der Waals surface area contributed by atoms with E-state index in [-0.39, 0.29) is 0 Å². The van der Waals surface area contributed by atoms with E-state index in [4.69, 9.17) is 0 Å². The molecule has 136 valence electrons. The third-order valence-corrected chi connectivity index (χ3v) is 4.39. The van der Waals surface area contributed by atoms with Crippen molar-refractivity contribution in [3.63, 3.8) is 0 Å². The lowest BCUT2D eigenvalue weighted by atomic mass is 10.2. The predicted octanol–water partition coefficient (Wildman–Crippen LogP) is 2.92. The number of aromatic nitrogens is 4. The summed E-state index contributed by atoms with van der Waals surface area (Å²) in [4.78, 5) is 16.9. The fraction of sp³-hybridized carbons (Fsp3) is 0.200. The Morgan fingerprint density at radius 3 is 2.59 bits per heavy atom. The summed E-state index contributed by atoms with van der Waals surface area (Å²) in [6.45, 7) is 4.20. The van der Waals surface area contributed by atoms with Gasteiger partial charge in [-0.3, -0.25) is 4.98 Å². The molecule has 0 spiro atoms. The molecular formula is C20H21N7. The molecule has 0 aliphatic heterocycles. The van der Waals surface area contributed by atoms with Gasteiger partial charge in [-0.1, -0.05) is 6.58 Å². The van der Waals surface area contributed by atoms with Gasteiger partial charge in [0, 0.05) is 46.1 Å². The van der Waals surface area contributed by atoms with E-state index in [0.717, 1.165) is 28.5 Å². The van der Waals surface area contributed by atoms with E-state index in [9.17, 15) is 5.26 Å². The number of hydrogen-bond donors (Lipinski definition) is 0. The van der Waals surface area contributed by atoms with Crippen LogP contribution >= 0.6 is 0 Å². The highest BCUT2D eigenvalue weighted by Gasteiger charge is 2.17. The molecule has 0 fully saturated rings. The lowest BCUT2D eigenvalue weighted by Gasteiger charge is -2.21. The minimum Gasteiger partial charge on any atom is -0.362 e. The van der Waals surface area contributed by atoms with Crippen LogP contribution in [0.1, 0.15) is 11.3 Å². The molecule has 0 radical (unpaired) electrons. The molecule has 0 bridgehead atoms.